The molecule has 6 N–H and O–H groups in total. The zero-order valence-electron chi connectivity index (χ0n) is 56.5. The number of ether oxygens (including phenoxy) is 3. The van der Waals surface area contributed by atoms with E-state index in [0.717, 1.165) is 64.2 Å². The van der Waals surface area contributed by atoms with Gasteiger partial charge in [-0.05, 0) is 84.0 Å². The number of aliphatic hydroxyl groups is 5. The van der Waals surface area contributed by atoms with E-state index in [2.05, 4.69) is 54.8 Å². The first-order valence-electron chi connectivity index (χ1n) is 37.0. The van der Waals surface area contributed by atoms with Crippen LogP contribution in [-0.2, 0) is 23.8 Å². The molecule has 0 aromatic heterocycles. The van der Waals surface area contributed by atoms with Gasteiger partial charge < -0.3 is 45.1 Å². The van der Waals surface area contributed by atoms with Gasteiger partial charge in [0.15, 0.2) is 6.29 Å². The number of esters is 1. The molecule has 0 aromatic carbocycles. The molecule has 1 rings (SSSR count). The Kier molecular flexibility index (Phi) is 61.4. The van der Waals surface area contributed by atoms with Crippen molar-refractivity contribution in [3.05, 3.63) is 60.8 Å². The molecule has 0 aliphatic carbocycles. The fourth-order valence-electron chi connectivity index (χ4n) is 11.6. The summed E-state index contributed by atoms with van der Waals surface area (Å²) in [6.45, 7) is 4.12. The van der Waals surface area contributed by atoms with Gasteiger partial charge in [-0.3, -0.25) is 9.59 Å². The summed E-state index contributed by atoms with van der Waals surface area (Å²) in [5, 5.41) is 54.2. The quantitative estimate of drug-likeness (QED) is 0.0195. The van der Waals surface area contributed by atoms with Crippen LogP contribution in [0.1, 0.15) is 348 Å². The number of carbonyl (C=O) groups excluding carboxylic acids is 2. The fraction of sp³-hybridized carbons (Fsp3) is 0.842. The fourth-order valence-corrected chi connectivity index (χ4v) is 11.6. The van der Waals surface area contributed by atoms with E-state index < -0.39 is 49.5 Å². The van der Waals surface area contributed by atoms with E-state index in [4.69, 9.17) is 14.2 Å². The molecule has 0 bridgehead atoms. The lowest BCUT2D eigenvalue weighted by molar-refractivity contribution is -0.302. The number of aliphatic hydroxyl groups excluding tert-OH is 5. The Bertz CT molecular complexity index is 1630. The van der Waals surface area contributed by atoms with Crippen LogP contribution in [0.3, 0.4) is 0 Å². The highest BCUT2D eigenvalue weighted by molar-refractivity contribution is 5.76. The smallest absolute Gasteiger partial charge is 0.305 e. The highest BCUT2D eigenvalue weighted by Crippen LogP contribution is 2.23. The summed E-state index contributed by atoms with van der Waals surface area (Å²) in [7, 11) is 0. The lowest BCUT2D eigenvalue weighted by atomic mass is 9.99. The SMILES string of the molecule is C/C=C/CC/C=C/CC/C=C/C(O)C(COC1OC(CO)C(O)C(O)C1O)NC(=O)CCCCCCCCCCCCCCCCCCC/C=C\C/C=C\CCCCCCCCCCCCCOC(=O)CCCCCCCCCCCCCCCCC. The largest absolute Gasteiger partial charge is 0.466 e. The van der Waals surface area contributed by atoms with Crippen LogP contribution >= 0.6 is 0 Å². The van der Waals surface area contributed by atoms with Crippen molar-refractivity contribution in [2.45, 2.75) is 391 Å². The van der Waals surface area contributed by atoms with Crippen molar-refractivity contribution in [1.82, 2.24) is 5.32 Å². The van der Waals surface area contributed by atoms with Crippen LogP contribution in [0.15, 0.2) is 60.8 Å². The van der Waals surface area contributed by atoms with Gasteiger partial charge in [0, 0.05) is 12.8 Å². The number of nitrogens with one attached hydrogen (secondary N) is 1. The standard InChI is InChI=1S/C76H139NO10/c1-3-5-7-9-11-13-14-15-37-41-44-48-52-56-60-64-72(81)85-65-61-57-53-49-45-42-39-36-34-32-30-28-26-24-22-20-18-16-17-19-21-23-25-27-29-31-33-35-38-40-43-47-51-55-59-63-71(80)77-68(69(79)62-58-54-50-46-12-10-8-6-4-2)67-86-76-75(84)74(83)73(82)70(66-78)87-76/h4,6,12,18,20,24,26,46,58,62,68-70,73-76,78-79,82-84H,3,5,7-11,13-17,19,21-23,25,27-45,47-57,59-61,63-67H2,1-2H3,(H,77,80)/b6-4+,20-18-,26-24-,46-12+,62-58+. The first-order valence-corrected chi connectivity index (χ1v) is 37.0. The first-order chi connectivity index (χ1) is 42.7. The van der Waals surface area contributed by atoms with Crippen molar-refractivity contribution in [2.24, 2.45) is 0 Å². The highest BCUT2D eigenvalue weighted by Gasteiger charge is 2.44. The number of rotatable bonds is 65. The van der Waals surface area contributed by atoms with Crippen molar-refractivity contribution < 1.29 is 49.3 Å². The summed E-state index contributed by atoms with van der Waals surface area (Å²) in [6, 6.07) is -0.832. The predicted octanol–water partition coefficient (Wildman–Crippen LogP) is 19.3. The van der Waals surface area contributed by atoms with Gasteiger partial charge in [0.05, 0.1) is 32.0 Å². The molecular formula is C76H139NO10. The molecule has 1 saturated heterocycles. The summed E-state index contributed by atoms with van der Waals surface area (Å²) < 4.78 is 16.7. The van der Waals surface area contributed by atoms with Crippen molar-refractivity contribution >= 4 is 11.9 Å². The second-order valence-electron chi connectivity index (χ2n) is 25.6. The zero-order valence-corrected chi connectivity index (χ0v) is 56.5. The van der Waals surface area contributed by atoms with Gasteiger partial charge in [0.1, 0.15) is 24.4 Å². The Morgan fingerprint density at radius 1 is 0.448 bits per heavy atom. The minimum absolute atomic E-state index is 0.0127. The van der Waals surface area contributed by atoms with Crippen LogP contribution in [0.2, 0.25) is 0 Å². The monoisotopic (exact) mass is 1230 g/mol. The Labute approximate surface area is 535 Å². The summed E-state index contributed by atoms with van der Waals surface area (Å²) in [4.78, 5) is 25.1. The van der Waals surface area contributed by atoms with Gasteiger partial charge >= 0.3 is 5.97 Å². The van der Waals surface area contributed by atoms with E-state index >= 15 is 0 Å². The molecule has 0 aromatic rings. The third-order valence-corrected chi connectivity index (χ3v) is 17.4. The molecule has 1 aliphatic rings. The van der Waals surface area contributed by atoms with Gasteiger partial charge in [0.2, 0.25) is 5.91 Å². The van der Waals surface area contributed by atoms with Crippen LogP contribution in [-0.4, -0.2) is 100 Å². The third-order valence-electron chi connectivity index (χ3n) is 17.4. The minimum atomic E-state index is -1.58. The topological polar surface area (TPSA) is 175 Å². The van der Waals surface area contributed by atoms with Crippen LogP contribution in [0.25, 0.3) is 0 Å². The van der Waals surface area contributed by atoms with E-state index in [1.165, 1.54) is 257 Å². The number of unbranched alkanes of at least 4 members (excludes halogenated alkanes) is 44. The average molecular weight is 1230 g/mol. The second kappa shape index (κ2) is 64.9. The molecule has 7 unspecified atom stereocenters. The van der Waals surface area contributed by atoms with Crippen molar-refractivity contribution in [3.8, 4) is 0 Å². The molecular weight excluding hydrogens is 1090 g/mol. The molecule has 0 radical (unpaired) electrons. The molecule has 11 heteroatoms. The molecule has 0 spiro atoms. The third kappa shape index (κ3) is 53.7. The summed E-state index contributed by atoms with van der Waals surface area (Å²) in [5.74, 6) is -0.184. The summed E-state index contributed by atoms with van der Waals surface area (Å²) in [6.07, 6.45) is 77.0. The lowest BCUT2D eigenvalue weighted by Crippen LogP contribution is -2.60. The Morgan fingerprint density at radius 3 is 1.26 bits per heavy atom. The summed E-state index contributed by atoms with van der Waals surface area (Å²) >= 11 is 0. The van der Waals surface area contributed by atoms with E-state index in [0.29, 0.717) is 19.4 Å². The Balaban J connectivity index is 1.89. The highest BCUT2D eigenvalue weighted by atomic mass is 16.7. The van der Waals surface area contributed by atoms with E-state index in [-0.39, 0.29) is 18.5 Å². The van der Waals surface area contributed by atoms with E-state index in [9.17, 15) is 35.1 Å². The average Bonchev–Trinajstić information content (AvgIpc) is 2.79. The van der Waals surface area contributed by atoms with Crippen LogP contribution in [0, 0.1) is 0 Å². The van der Waals surface area contributed by atoms with Crippen LogP contribution < -0.4 is 5.32 Å². The maximum atomic E-state index is 13.0. The lowest BCUT2D eigenvalue weighted by Gasteiger charge is -2.40. The van der Waals surface area contributed by atoms with Gasteiger partial charge in [-0.1, -0.05) is 312 Å². The van der Waals surface area contributed by atoms with Gasteiger partial charge in [-0.2, -0.15) is 0 Å². The number of hydrogen-bond donors (Lipinski definition) is 6. The van der Waals surface area contributed by atoms with E-state index in [1.807, 2.05) is 19.1 Å². The maximum Gasteiger partial charge on any atom is 0.305 e. The minimum Gasteiger partial charge on any atom is -0.466 e. The maximum absolute atomic E-state index is 13.0. The molecule has 11 nitrogen and oxygen atoms in total. The Morgan fingerprint density at radius 2 is 0.828 bits per heavy atom. The number of carbonyl (C=O) groups is 2. The number of hydrogen-bond acceptors (Lipinski definition) is 10. The van der Waals surface area contributed by atoms with Crippen molar-refractivity contribution in [1.29, 1.82) is 0 Å². The van der Waals surface area contributed by atoms with Crippen LogP contribution in [0.4, 0.5) is 0 Å². The molecule has 1 heterocycles. The van der Waals surface area contributed by atoms with Crippen molar-refractivity contribution in [3.63, 3.8) is 0 Å². The molecule has 1 aliphatic heterocycles. The molecule has 1 fully saturated rings. The van der Waals surface area contributed by atoms with E-state index in [1.54, 1.807) is 6.08 Å². The second-order valence-corrected chi connectivity index (χ2v) is 25.6. The Hall–Kier alpha value is -2.64. The zero-order chi connectivity index (χ0) is 63.0. The molecule has 508 valence electrons. The molecule has 1 amide bonds. The van der Waals surface area contributed by atoms with Crippen molar-refractivity contribution in [2.75, 3.05) is 19.8 Å². The number of allylic oxidation sites excluding steroid dienone is 9. The molecule has 87 heavy (non-hydrogen) atoms. The first kappa shape index (κ1) is 82.4. The summed E-state index contributed by atoms with van der Waals surface area (Å²) in [5.41, 5.74) is 0. The van der Waals surface area contributed by atoms with Gasteiger partial charge in [0.25, 0.3) is 0 Å². The number of amides is 1. The normalized spacial score (nSPS) is 18.2. The van der Waals surface area contributed by atoms with Gasteiger partial charge in [-0.25, -0.2) is 0 Å². The van der Waals surface area contributed by atoms with Gasteiger partial charge in [-0.15, -0.1) is 0 Å². The molecule has 7 atom stereocenters. The molecule has 0 saturated carbocycles. The predicted molar refractivity (Wildman–Crippen MR) is 366 cm³/mol. The van der Waals surface area contributed by atoms with Crippen LogP contribution in [0.5, 0.6) is 0 Å².